The number of aromatic nitrogens is 2. The van der Waals surface area contributed by atoms with Crippen LogP contribution in [0.5, 0.6) is 0 Å². The molecule has 0 unspecified atom stereocenters. The second-order valence-electron chi connectivity index (χ2n) is 5.39. The predicted octanol–water partition coefficient (Wildman–Crippen LogP) is 2.85. The van der Waals surface area contributed by atoms with Crippen molar-refractivity contribution in [2.24, 2.45) is 0 Å². The summed E-state index contributed by atoms with van der Waals surface area (Å²) in [6, 6.07) is 16.5. The van der Waals surface area contributed by atoms with E-state index in [-0.39, 0.29) is 24.1 Å². The minimum atomic E-state index is -0.298. The third-order valence-corrected chi connectivity index (χ3v) is 4.63. The van der Waals surface area contributed by atoms with Crippen molar-refractivity contribution < 1.29 is 4.79 Å². The summed E-state index contributed by atoms with van der Waals surface area (Å²) in [7, 11) is 0. The van der Waals surface area contributed by atoms with E-state index in [9.17, 15) is 9.59 Å². The first-order chi connectivity index (χ1) is 11.6. The molecule has 0 radical (unpaired) electrons. The molecule has 0 aliphatic rings. The summed E-state index contributed by atoms with van der Waals surface area (Å²) in [6.07, 6.45) is 0. The summed E-state index contributed by atoms with van der Waals surface area (Å²) in [5.74, 6) is -0.240. The van der Waals surface area contributed by atoms with E-state index in [1.807, 2.05) is 54.8 Å². The summed E-state index contributed by atoms with van der Waals surface area (Å²) in [5.41, 5.74) is 1.27. The van der Waals surface area contributed by atoms with E-state index in [0.29, 0.717) is 5.69 Å². The highest BCUT2D eigenvalue weighted by Gasteiger charge is 2.12. The van der Waals surface area contributed by atoms with Crippen LogP contribution in [0, 0.1) is 0 Å². The molecule has 1 aromatic carbocycles. The zero-order valence-corrected chi connectivity index (χ0v) is 14.0. The van der Waals surface area contributed by atoms with Gasteiger partial charge in [0.15, 0.2) is 0 Å². The van der Waals surface area contributed by atoms with Crippen LogP contribution in [0.3, 0.4) is 0 Å². The standard InChI is InChI=1S/C18H17N3O2S/c1-13(16-8-5-11-24-16)19-17(22)12-21-18(23)10-9-15(20-21)14-6-3-2-4-7-14/h2-11,13H,12H2,1H3,(H,19,22)/t13-/m0/s1. The van der Waals surface area contributed by atoms with Gasteiger partial charge in [0.05, 0.1) is 11.7 Å². The first-order valence-electron chi connectivity index (χ1n) is 7.60. The molecule has 2 heterocycles. The van der Waals surface area contributed by atoms with Gasteiger partial charge in [-0.1, -0.05) is 36.4 Å². The Balaban J connectivity index is 1.75. The highest BCUT2D eigenvalue weighted by molar-refractivity contribution is 7.10. The number of nitrogens with zero attached hydrogens (tertiary/aromatic N) is 2. The smallest absolute Gasteiger partial charge is 0.267 e. The molecular formula is C18H17N3O2S. The summed E-state index contributed by atoms with van der Waals surface area (Å²) < 4.78 is 1.19. The molecule has 122 valence electrons. The summed E-state index contributed by atoms with van der Waals surface area (Å²) in [4.78, 5) is 25.3. The first kappa shape index (κ1) is 16.1. The number of benzene rings is 1. The van der Waals surface area contributed by atoms with Gasteiger partial charge in [0.25, 0.3) is 5.56 Å². The Bertz CT molecular complexity index is 873. The predicted molar refractivity (Wildman–Crippen MR) is 94.8 cm³/mol. The molecule has 0 saturated heterocycles. The summed E-state index contributed by atoms with van der Waals surface area (Å²) >= 11 is 1.58. The Kier molecular flexibility index (Phi) is 4.86. The number of carbonyl (C=O) groups excluding carboxylic acids is 1. The number of amides is 1. The number of rotatable bonds is 5. The van der Waals surface area contributed by atoms with Gasteiger partial charge in [-0.05, 0) is 24.4 Å². The Morgan fingerprint density at radius 1 is 1.17 bits per heavy atom. The SMILES string of the molecule is C[C@H](NC(=O)Cn1nc(-c2ccccc2)ccc1=O)c1cccs1. The maximum absolute atomic E-state index is 12.2. The van der Waals surface area contributed by atoms with Gasteiger partial charge < -0.3 is 5.32 Å². The Labute approximate surface area is 143 Å². The van der Waals surface area contributed by atoms with Gasteiger partial charge in [0, 0.05) is 16.5 Å². The normalized spacial score (nSPS) is 11.9. The van der Waals surface area contributed by atoms with Crippen LogP contribution in [0.15, 0.2) is 64.8 Å². The van der Waals surface area contributed by atoms with Gasteiger partial charge in [0.2, 0.25) is 5.91 Å². The Hall–Kier alpha value is -2.73. The minimum absolute atomic E-state index is 0.0921. The van der Waals surface area contributed by atoms with Crippen LogP contribution in [0.25, 0.3) is 11.3 Å². The second-order valence-corrected chi connectivity index (χ2v) is 6.36. The van der Waals surface area contributed by atoms with Gasteiger partial charge in [-0.2, -0.15) is 5.10 Å². The molecule has 1 N–H and O–H groups in total. The molecular weight excluding hydrogens is 322 g/mol. The van der Waals surface area contributed by atoms with Gasteiger partial charge in [-0.25, -0.2) is 4.68 Å². The Morgan fingerprint density at radius 3 is 2.67 bits per heavy atom. The fourth-order valence-corrected chi connectivity index (χ4v) is 3.09. The lowest BCUT2D eigenvalue weighted by Gasteiger charge is -2.13. The van der Waals surface area contributed by atoms with E-state index in [0.717, 1.165) is 10.4 Å². The third-order valence-electron chi connectivity index (χ3n) is 3.58. The van der Waals surface area contributed by atoms with Crippen LogP contribution in [0.1, 0.15) is 17.8 Å². The second kappa shape index (κ2) is 7.23. The van der Waals surface area contributed by atoms with Crippen LogP contribution in [-0.2, 0) is 11.3 Å². The summed E-state index contributed by atoms with van der Waals surface area (Å²) in [6.45, 7) is 1.82. The van der Waals surface area contributed by atoms with Crippen molar-refractivity contribution in [1.82, 2.24) is 15.1 Å². The Morgan fingerprint density at radius 2 is 1.96 bits per heavy atom. The van der Waals surface area contributed by atoms with Crippen LogP contribution in [0.2, 0.25) is 0 Å². The van der Waals surface area contributed by atoms with Crippen molar-refractivity contribution in [1.29, 1.82) is 0 Å². The quantitative estimate of drug-likeness (QED) is 0.777. The number of carbonyl (C=O) groups is 1. The molecule has 6 heteroatoms. The fraction of sp³-hybridized carbons (Fsp3) is 0.167. The van der Waals surface area contributed by atoms with Crippen molar-refractivity contribution in [2.45, 2.75) is 19.5 Å². The minimum Gasteiger partial charge on any atom is -0.347 e. The van der Waals surface area contributed by atoms with E-state index in [1.54, 1.807) is 17.4 Å². The largest absolute Gasteiger partial charge is 0.347 e. The van der Waals surface area contributed by atoms with Gasteiger partial charge >= 0.3 is 0 Å². The maximum atomic E-state index is 12.2. The molecule has 3 rings (SSSR count). The average Bonchev–Trinajstić information content (AvgIpc) is 3.12. The number of thiophene rings is 1. The van der Waals surface area contributed by atoms with Crippen LogP contribution >= 0.6 is 11.3 Å². The molecule has 24 heavy (non-hydrogen) atoms. The molecule has 0 aliphatic carbocycles. The van der Waals surface area contributed by atoms with Crippen LogP contribution in [0.4, 0.5) is 0 Å². The maximum Gasteiger partial charge on any atom is 0.267 e. The molecule has 1 atom stereocenters. The molecule has 0 spiro atoms. The molecule has 0 saturated carbocycles. The number of nitrogens with one attached hydrogen (secondary N) is 1. The molecule has 5 nitrogen and oxygen atoms in total. The van der Waals surface area contributed by atoms with Crippen molar-refractivity contribution in [2.75, 3.05) is 0 Å². The molecule has 0 aliphatic heterocycles. The average molecular weight is 339 g/mol. The zero-order chi connectivity index (χ0) is 16.9. The van der Waals surface area contributed by atoms with Crippen molar-refractivity contribution in [3.05, 3.63) is 75.2 Å². The van der Waals surface area contributed by atoms with Gasteiger partial charge in [-0.3, -0.25) is 9.59 Å². The summed E-state index contributed by atoms with van der Waals surface area (Å²) in [5, 5.41) is 9.15. The van der Waals surface area contributed by atoms with Gasteiger partial charge in [0.1, 0.15) is 6.54 Å². The van der Waals surface area contributed by atoms with Gasteiger partial charge in [-0.15, -0.1) is 11.3 Å². The molecule has 3 aromatic rings. The van der Waals surface area contributed by atoms with Crippen LogP contribution < -0.4 is 10.9 Å². The van der Waals surface area contributed by atoms with Crippen molar-refractivity contribution >= 4 is 17.2 Å². The van der Waals surface area contributed by atoms with Crippen molar-refractivity contribution in [3.8, 4) is 11.3 Å². The lowest BCUT2D eigenvalue weighted by molar-refractivity contribution is -0.122. The lowest BCUT2D eigenvalue weighted by atomic mass is 10.1. The van der Waals surface area contributed by atoms with E-state index in [1.165, 1.54) is 10.7 Å². The molecule has 0 fully saturated rings. The lowest BCUT2D eigenvalue weighted by Crippen LogP contribution is -2.34. The van der Waals surface area contributed by atoms with E-state index in [4.69, 9.17) is 0 Å². The molecule has 0 bridgehead atoms. The monoisotopic (exact) mass is 339 g/mol. The number of hydrogen-bond donors (Lipinski definition) is 1. The molecule has 2 aromatic heterocycles. The van der Waals surface area contributed by atoms with E-state index in [2.05, 4.69) is 10.4 Å². The molecule has 1 amide bonds. The van der Waals surface area contributed by atoms with Crippen LogP contribution in [-0.4, -0.2) is 15.7 Å². The highest BCUT2D eigenvalue weighted by Crippen LogP contribution is 2.18. The van der Waals surface area contributed by atoms with E-state index < -0.39 is 0 Å². The highest BCUT2D eigenvalue weighted by atomic mass is 32.1. The third kappa shape index (κ3) is 3.78. The fourth-order valence-electron chi connectivity index (χ4n) is 2.36. The number of hydrogen-bond acceptors (Lipinski definition) is 4. The van der Waals surface area contributed by atoms with E-state index >= 15 is 0 Å². The topological polar surface area (TPSA) is 64.0 Å². The van der Waals surface area contributed by atoms with Crippen molar-refractivity contribution in [3.63, 3.8) is 0 Å². The first-order valence-corrected chi connectivity index (χ1v) is 8.48. The zero-order valence-electron chi connectivity index (χ0n) is 13.2.